The fourth-order valence-electron chi connectivity index (χ4n) is 1.79. The standard InChI is InChI=1S/C18H14N4O2/c19-10-14(11-20)12-21-15-5-4-6-16(9-15)22-18(23)13-24-17-7-2-1-3-8-17/h1-9,12,21H,13H2,(H,22,23). The third-order valence-corrected chi connectivity index (χ3v) is 2.88. The lowest BCUT2D eigenvalue weighted by atomic mass is 10.2. The molecule has 6 heteroatoms. The molecule has 2 rings (SSSR count). The Balaban J connectivity index is 1.92. The lowest BCUT2D eigenvalue weighted by Crippen LogP contribution is -2.20. The van der Waals surface area contributed by atoms with Crippen molar-refractivity contribution < 1.29 is 9.53 Å². The summed E-state index contributed by atoms with van der Waals surface area (Å²) in [6.07, 6.45) is 1.31. The molecule has 24 heavy (non-hydrogen) atoms. The first-order valence-corrected chi connectivity index (χ1v) is 7.06. The second-order valence-corrected chi connectivity index (χ2v) is 4.66. The molecule has 0 atom stereocenters. The number of amides is 1. The van der Waals surface area contributed by atoms with E-state index in [4.69, 9.17) is 15.3 Å². The molecule has 0 aromatic heterocycles. The van der Waals surface area contributed by atoms with Gasteiger partial charge in [-0.2, -0.15) is 10.5 Å². The van der Waals surface area contributed by atoms with Crippen LogP contribution in [0.25, 0.3) is 0 Å². The van der Waals surface area contributed by atoms with Crippen molar-refractivity contribution in [1.29, 1.82) is 10.5 Å². The number of rotatable bonds is 6. The normalized spacial score (nSPS) is 9.08. The summed E-state index contributed by atoms with van der Waals surface area (Å²) in [5, 5.41) is 22.9. The van der Waals surface area contributed by atoms with Gasteiger partial charge in [0.15, 0.2) is 6.61 Å². The molecule has 2 aromatic carbocycles. The number of carbonyl (C=O) groups excluding carboxylic acids is 1. The van der Waals surface area contributed by atoms with Gasteiger partial charge in [0.1, 0.15) is 23.5 Å². The van der Waals surface area contributed by atoms with Crippen molar-refractivity contribution in [3.63, 3.8) is 0 Å². The van der Waals surface area contributed by atoms with E-state index in [-0.39, 0.29) is 18.1 Å². The maximum absolute atomic E-state index is 11.9. The summed E-state index contributed by atoms with van der Waals surface area (Å²) in [5.74, 6) is 0.329. The number of para-hydroxylation sites is 1. The Morgan fingerprint density at radius 3 is 2.46 bits per heavy atom. The summed E-state index contributed by atoms with van der Waals surface area (Å²) < 4.78 is 5.37. The highest BCUT2D eigenvalue weighted by Crippen LogP contribution is 2.15. The first-order chi connectivity index (χ1) is 11.7. The van der Waals surface area contributed by atoms with Crippen LogP contribution in [0.1, 0.15) is 0 Å². The quantitative estimate of drug-likeness (QED) is 0.798. The second-order valence-electron chi connectivity index (χ2n) is 4.66. The molecule has 0 fully saturated rings. The number of nitriles is 2. The van der Waals surface area contributed by atoms with Gasteiger partial charge in [0.2, 0.25) is 0 Å². The average Bonchev–Trinajstić information content (AvgIpc) is 2.62. The fraction of sp³-hybridized carbons (Fsp3) is 0.0556. The Hall–Kier alpha value is -3.77. The van der Waals surface area contributed by atoms with Gasteiger partial charge in [0, 0.05) is 17.6 Å². The monoisotopic (exact) mass is 318 g/mol. The Bertz CT molecular complexity index is 801. The van der Waals surface area contributed by atoms with E-state index in [0.29, 0.717) is 17.1 Å². The van der Waals surface area contributed by atoms with Crippen molar-refractivity contribution >= 4 is 17.3 Å². The summed E-state index contributed by atoms with van der Waals surface area (Å²) in [6.45, 7) is -0.103. The van der Waals surface area contributed by atoms with Gasteiger partial charge in [0.05, 0.1) is 0 Å². The van der Waals surface area contributed by atoms with Gasteiger partial charge in [-0.25, -0.2) is 0 Å². The van der Waals surface area contributed by atoms with E-state index >= 15 is 0 Å². The molecule has 2 N–H and O–H groups in total. The van der Waals surface area contributed by atoms with Crippen LogP contribution in [0.15, 0.2) is 66.4 Å². The summed E-state index contributed by atoms with van der Waals surface area (Å²) in [4.78, 5) is 11.9. The van der Waals surface area contributed by atoms with E-state index in [0.717, 1.165) is 0 Å². The maximum atomic E-state index is 11.9. The maximum Gasteiger partial charge on any atom is 0.262 e. The number of benzene rings is 2. The second kappa shape index (κ2) is 8.62. The minimum absolute atomic E-state index is 0.0410. The van der Waals surface area contributed by atoms with E-state index in [1.54, 1.807) is 48.5 Å². The molecular weight excluding hydrogens is 304 g/mol. The molecule has 0 unspecified atom stereocenters. The van der Waals surface area contributed by atoms with Crippen molar-refractivity contribution in [1.82, 2.24) is 0 Å². The number of allylic oxidation sites excluding steroid dienone is 1. The van der Waals surface area contributed by atoms with Gasteiger partial charge in [0.25, 0.3) is 5.91 Å². The van der Waals surface area contributed by atoms with E-state index in [9.17, 15) is 4.79 Å². The average molecular weight is 318 g/mol. The molecule has 0 saturated carbocycles. The minimum Gasteiger partial charge on any atom is -0.484 e. The molecule has 0 bridgehead atoms. The molecule has 0 heterocycles. The summed E-state index contributed by atoms with van der Waals surface area (Å²) in [6, 6.07) is 19.5. The van der Waals surface area contributed by atoms with Crippen LogP contribution in [0.3, 0.4) is 0 Å². The first-order valence-electron chi connectivity index (χ1n) is 7.06. The molecule has 1 amide bonds. The van der Waals surface area contributed by atoms with Crippen molar-refractivity contribution in [3.05, 3.63) is 66.4 Å². The van der Waals surface area contributed by atoms with Crippen molar-refractivity contribution in [2.24, 2.45) is 0 Å². The van der Waals surface area contributed by atoms with Crippen LogP contribution in [-0.4, -0.2) is 12.5 Å². The van der Waals surface area contributed by atoms with Crippen LogP contribution in [0.2, 0.25) is 0 Å². The third kappa shape index (κ3) is 5.21. The Morgan fingerprint density at radius 1 is 1.04 bits per heavy atom. The number of hydrogen-bond donors (Lipinski definition) is 2. The zero-order chi connectivity index (χ0) is 17.2. The number of carbonyl (C=O) groups is 1. The van der Waals surface area contributed by atoms with Gasteiger partial charge in [-0.15, -0.1) is 0 Å². The number of nitrogens with zero attached hydrogens (tertiary/aromatic N) is 2. The highest BCUT2D eigenvalue weighted by Gasteiger charge is 2.04. The SMILES string of the molecule is N#CC(C#N)=CNc1cccc(NC(=O)COc2ccccc2)c1. The highest BCUT2D eigenvalue weighted by atomic mass is 16.5. The molecule has 0 saturated heterocycles. The lowest BCUT2D eigenvalue weighted by molar-refractivity contribution is -0.118. The molecule has 2 aromatic rings. The molecule has 0 spiro atoms. The zero-order valence-corrected chi connectivity index (χ0v) is 12.7. The predicted octanol–water partition coefficient (Wildman–Crippen LogP) is 3.05. The van der Waals surface area contributed by atoms with E-state index in [2.05, 4.69) is 10.6 Å². The summed E-state index contributed by atoms with van der Waals surface area (Å²) >= 11 is 0. The van der Waals surface area contributed by atoms with Crippen LogP contribution in [0, 0.1) is 22.7 Å². The Kier molecular flexibility index (Phi) is 5.96. The molecule has 118 valence electrons. The first kappa shape index (κ1) is 16.6. The largest absolute Gasteiger partial charge is 0.484 e. The summed E-state index contributed by atoms with van der Waals surface area (Å²) in [7, 11) is 0. The summed E-state index contributed by atoms with van der Waals surface area (Å²) in [5.41, 5.74) is 1.17. The van der Waals surface area contributed by atoms with Gasteiger partial charge in [-0.3, -0.25) is 4.79 Å². The van der Waals surface area contributed by atoms with E-state index in [1.807, 2.05) is 18.2 Å². The minimum atomic E-state index is -0.290. The molecule has 0 radical (unpaired) electrons. The number of nitrogens with one attached hydrogen (secondary N) is 2. The number of ether oxygens (including phenoxy) is 1. The topological polar surface area (TPSA) is 97.9 Å². The van der Waals surface area contributed by atoms with Gasteiger partial charge in [-0.1, -0.05) is 24.3 Å². The van der Waals surface area contributed by atoms with Crippen LogP contribution >= 0.6 is 0 Å². The third-order valence-electron chi connectivity index (χ3n) is 2.88. The smallest absolute Gasteiger partial charge is 0.262 e. The molecule has 0 aliphatic heterocycles. The molecular formula is C18H14N4O2. The zero-order valence-electron chi connectivity index (χ0n) is 12.7. The predicted molar refractivity (Wildman–Crippen MR) is 89.9 cm³/mol. The van der Waals surface area contributed by atoms with E-state index < -0.39 is 0 Å². The van der Waals surface area contributed by atoms with Gasteiger partial charge in [-0.05, 0) is 30.3 Å². The lowest BCUT2D eigenvalue weighted by Gasteiger charge is -2.09. The van der Waals surface area contributed by atoms with Crippen LogP contribution in [-0.2, 0) is 4.79 Å². The Labute approximate surface area is 139 Å². The van der Waals surface area contributed by atoms with Crippen LogP contribution in [0.4, 0.5) is 11.4 Å². The fourth-order valence-corrected chi connectivity index (χ4v) is 1.79. The Morgan fingerprint density at radius 2 is 1.75 bits per heavy atom. The van der Waals surface area contributed by atoms with Crippen molar-refractivity contribution in [2.45, 2.75) is 0 Å². The number of anilines is 2. The van der Waals surface area contributed by atoms with Crippen LogP contribution in [0.5, 0.6) is 5.75 Å². The molecule has 6 nitrogen and oxygen atoms in total. The van der Waals surface area contributed by atoms with Gasteiger partial charge < -0.3 is 15.4 Å². The van der Waals surface area contributed by atoms with Crippen LogP contribution < -0.4 is 15.4 Å². The molecule has 0 aliphatic rings. The van der Waals surface area contributed by atoms with E-state index in [1.165, 1.54) is 6.20 Å². The highest BCUT2D eigenvalue weighted by molar-refractivity contribution is 5.92. The number of hydrogen-bond acceptors (Lipinski definition) is 5. The molecule has 0 aliphatic carbocycles. The van der Waals surface area contributed by atoms with Crippen molar-refractivity contribution in [3.8, 4) is 17.9 Å². The van der Waals surface area contributed by atoms with Crippen molar-refractivity contribution in [2.75, 3.05) is 17.2 Å². The van der Waals surface area contributed by atoms with Gasteiger partial charge >= 0.3 is 0 Å².